The molecule has 1 aromatic rings. The molecule has 1 heterocycles. The average Bonchev–Trinajstić information content (AvgIpc) is 2.54. The molecule has 0 amide bonds. The maximum absolute atomic E-state index is 14.2. The summed E-state index contributed by atoms with van der Waals surface area (Å²) in [6, 6.07) is 4.24. The quantitative estimate of drug-likeness (QED) is 0.610. The summed E-state index contributed by atoms with van der Waals surface area (Å²) < 4.78 is 19.4. The maximum atomic E-state index is 14.2. The van der Waals surface area contributed by atoms with Gasteiger partial charge in [0.25, 0.3) is 0 Å². The highest BCUT2D eigenvalue weighted by atomic mass is 35.5. The van der Waals surface area contributed by atoms with Gasteiger partial charge in [-0.2, -0.15) is 0 Å². The molecule has 1 aliphatic rings. The topological polar surface area (TPSA) is 73.3 Å². The second kappa shape index (κ2) is 9.44. The molecule has 144 valence electrons. The Morgan fingerprint density at radius 2 is 2.00 bits per heavy atom. The Labute approximate surface area is 164 Å². The van der Waals surface area contributed by atoms with E-state index < -0.39 is 5.82 Å². The van der Waals surface area contributed by atoms with Crippen molar-refractivity contribution in [2.45, 2.75) is 13.8 Å². The number of nitrogens with two attached hydrogens (primary N) is 2. The molecule has 0 spiro atoms. The van der Waals surface area contributed by atoms with Gasteiger partial charge in [0.05, 0.1) is 18.9 Å². The van der Waals surface area contributed by atoms with Gasteiger partial charge in [0.1, 0.15) is 5.82 Å². The van der Waals surface area contributed by atoms with Crippen LogP contribution in [0, 0.1) is 11.7 Å². The second-order valence-electron chi connectivity index (χ2n) is 6.53. The summed E-state index contributed by atoms with van der Waals surface area (Å²) in [7, 11) is 0. The van der Waals surface area contributed by atoms with Gasteiger partial charge < -0.3 is 21.5 Å². The van der Waals surface area contributed by atoms with Gasteiger partial charge in [0, 0.05) is 33.6 Å². The van der Waals surface area contributed by atoms with Crippen LogP contribution in [0.2, 0.25) is 5.02 Å². The molecule has 1 saturated heterocycles. The third-order valence-electron chi connectivity index (χ3n) is 3.95. The van der Waals surface area contributed by atoms with Crippen LogP contribution in [0.3, 0.4) is 0 Å². The normalized spacial score (nSPS) is 16.3. The molecule has 0 aromatic heterocycles. The summed E-state index contributed by atoms with van der Waals surface area (Å²) in [5.41, 5.74) is 16.0. The van der Waals surface area contributed by atoms with E-state index in [1.165, 1.54) is 18.2 Å². The van der Waals surface area contributed by atoms with E-state index >= 15 is 0 Å². The van der Waals surface area contributed by atoms with Crippen molar-refractivity contribution in [2.75, 3.05) is 13.2 Å². The van der Waals surface area contributed by atoms with Crippen LogP contribution in [-0.2, 0) is 4.74 Å². The van der Waals surface area contributed by atoms with Gasteiger partial charge in [0.15, 0.2) is 0 Å². The molecule has 6 heteroatoms. The van der Waals surface area contributed by atoms with Crippen molar-refractivity contribution in [3.8, 4) is 0 Å². The highest BCUT2D eigenvalue weighted by molar-refractivity contribution is 6.30. The molecule has 1 aromatic carbocycles. The predicted octanol–water partition coefficient (Wildman–Crippen LogP) is 4.22. The summed E-state index contributed by atoms with van der Waals surface area (Å²) in [6.07, 6.45) is 7.07. The third kappa shape index (κ3) is 5.74. The van der Waals surface area contributed by atoms with Crippen LogP contribution in [-0.4, -0.2) is 13.2 Å². The van der Waals surface area contributed by atoms with Crippen molar-refractivity contribution in [1.29, 1.82) is 0 Å². The van der Waals surface area contributed by atoms with Crippen molar-refractivity contribution >= 4 is 17.3 Å². The zero-order chi connectivity index (χ0) is 20.0. The lowest BCUT2D eigenvalue weighted by Gasteiger charge is -2.28. The smallest absolute Gasteiger partial charge is 0.132 e. The minimum atomic E-state index is -0.454. The Balaban J connectivity index is 2.47. The van der Waals surface area contributed by atoms with Crippen LogP contribution in [0.15, 0.2) is 71.7 Å². The van der Waals surface area contributed by atoms with Gasteiger partial charge in [0.2, 0.25) is 0 Å². The zero-order valence-electron chi connectivity index (χ0n) is 15.6. The van der Waals surface area contributed by atoms with Crippen LogP contribution in [0.25, 0.3) is 5.70 Å². The van der Waals surface area contributed by atoms with Gasteiger partial charge in [-0.05, 0) is 50.3 Å². The summed E-state index contributed by atoms with van der Waals surface area (Å²) in [6.45, 7) is 8.78. The number of rotatable bonds is 7. The summed E-state index contributed by atoms with van der Waals surface area (Å²) >= 11 is 5.98. The first kappa shape index (κ1) is 20.8. The van der Waals surface area contributed by atoms with Crippen LogP contribution < -0.4 is 16.8 Å². The van der Waals surface area contributed by atoms with Gasteiger partial charge >= 0.3 is 0 Å². The van der Waals surface area contributed by atoms with E-state index in [1.807, 2.05) is 26.0 Å². The lowest BCUT2D eigenvalue weighted by molar-refractivity contribution is -0.0144. The van der Waals surface area contributed by atoms with Crippen molar-refractivity contribution in [1.82, 2.24) is 5.32 Å². The molecule has 4 nitrogen and oxygen atoms in total. The minimum Gasteiger partial charge on any atom is -0.400 e. The Morgan fingerprint density at radius 1 is 1.30 bits per heavy atom. The lowest BCUT2D eigenvalue weighted by atomic mass is 10.0. The maximum Gasteiger partial charge on any atom is 0.132 e. The standard InChI is InChI=1S/C21H25ClFN3O/c1-4-5-16(8-13(2)3)26-20(21(25)14-11-27-12-14)10-19(24)17-9-15(22)6-7-18(17)23/h4-10,14,26H,1,11-12,24-25H2,2-3H3/b16-5+,19-10-,21-20+. The fourth-order valence-electron chi connectivity index (χ4n) is 2.50. The molecular formula is C21H25ClFN3O. The Bertz CT molecular complexity index is 832. The highest BCUT2D eigenvalue weighted by Crippen LogP contribution is 2.24. The number of ether oxygens (including phenoxy) is 1. The zero-order valence-corrected chi connectivity index (χ0v) is 16.3. The van der Waals surface area contributed by atoms with Crippen LogP contribution in [0.4, 0.5) is 4.39 Å². The van der Waals surface area contributed by atoms with Crippen LogP contribution >= 0.6 is 11.6 Å². The largest absolute Gasteiger partial charge is 0.400 e. The second-order valence-corrected chi connectivity index (χ2v) is 6.97. The number of nitrogens with one attached hydrogen (secondary N) is 1. The van der Waals surface area contributed by atoms with E-state index in [-0.39, 0.29) is 17.2 Å². The first-order valence-electron chi connectivity index (χ1n) is 8.56. The molecule has 27 heavy (non-hydrogen) atoms. The van der Waals surface area contributed by atoms with Gasteiger partial charge in [-0.1, -0.05) is 29.8 Å². The molecule has 0 saturated carbocycles. The SMILES string of the molecule is C=C/C=C(\C=C(C)C)NC(/C=C(\N)c1cc(Cl)ccc1F)=C(/N)C1COC1. The highest BCUT2D eigenvalue weighted by Gasteiger charge is 2.23. The molecular weight excluding hydrogens is 365 g/mol. The molecule has 1 fully saturated rings. The Hall–Kier alpha value is -2.50. The number of halogens is 2. The molecule has 0 radical (unpaired) electrons. The molecule has 2 rings (SSSR count). The van der Waals surface area contributed by atoms with E-state index in [0.29, 0.717) is 29.6 Å². The van der Waals surface area contributed by atoms with Gasteiger partial charge in [-0.3, -0.25) is 0 Å². The molecule has 0 aliphatic carbocycles. The van der Waals surface area contributed by atoms with E-state index in [9.17, 15) is 4.39 Å². The van der Waals surface area contributed by atoms with E-state index in [1.54, 1.807) is 12.2 Å². The monoisotopic (exact) mass is 389 g/mol. The van der Waals surface area contributed by atoms with Crippen molar-refractivity contribution in [3.63, 3.8) is 0 Å². The van der Waals surface area contributed by atoms with Crippen molar-refractivity contribution in [3.05, 3.63) is 88.1 Å². The molecule has 0 unspecified atom stereocenters. The number of benzene rings is 1. The third-order valence-corrected chi connectivity index (χ3v) is 4.18. The predicted molar refractivity (Wildman–Crippen MR) is 110 cm³/mol. The fraction of sp³-hybridized carbons (Fsp3) is 0.238. The Morgan fingerprint density at radius 3 is 2.56 bits per heavy atom. The van der Waals surface area contributed by atoms with Crippen LogP contribution in [0.1, 0.15) is 19.4 Å². The number of hydrogen-bond donors (Lipinski definition) is 3. The molecule has 0 atom stereocenters. The van der Waals surface area contributed by atoms with Gasteiger partial charge in [-0.15, -0.1) is 0 Å². The molecule has 1 aliphatic heterocycles. The van der Waals surface area contributed by atoms with Crippen molar-refractivity contribution in [2.24, 2.45) is 17.4 Å². The average molecular weight is 390 g/mol. The van der Waals surface area contributed by atoms with Gasteiger partial charge in [-0.25, -0.2) is 4.39 Å². The molecule has 5 N–H and O–H groups in total. The van der Waals surface area contributed by atoms with Crippen molar-refractivity contribution < 1.29 is 9.13 Å². The first-order chi connectivity index (χ1) is 12.8. The number of allylic oxidation sites excluding steroid dienone is 5. The van der Waals surface area contributed by atoms with E-state index in [4.69, 9.17) is 27.8 Å². The van der Waals surface area contributed by atoms with Crippen LogP contribution in [0.5, 0.6) is 0 Å². The fourth-order valence-corrected chi connectivity index (χ4v) is 2.67. The summed E-state index contributed by atoms with van der Waals surface area (Å²) in [5.74, 6) is -0.373. The summed E-state index contributed by atoms with van der Waals surface area (Å²) in [4.78, 5) is 0. The molecule has 0 bridgehead atoms. The number of hydrogen-bond acceptors (Lipinski definition) is 4. The lowest BCUT2D eigenvalue weighted by Crippen LogP contribution is -2.35. The first-order valence-corrected chi connectivity index (χ1v) is 8.94. The summed E-state index contributed by atoms with van der Waals surface area (Å²) in [5, 5.41) is 3.67. The van der Waals surface area contributed by atoms with E-state index in [2.05, 4.69) is 11.9 Å². The minimum absolute atomic E-state index is 0.0810. The van der Waals surface area contributed by atoms with E-state index in [0.717, 1.165) is 11.3 Å². The Kier molecular flexibility index (Phi) is 7.28.